The molecule has 5 nitrogen and oxygen atoms in total. The van der Waals surface area contributed by atoms with Gasteiger partial charge in [-0.25, -0.2) is 10.8 Å². The molecule has 0 aliphatic carbocycles. The fourth-order valence-corrected chi connectivity index (χ4v) is 1.15. The van der Waals surface area contributed by atoms with E-state index in [2.05, 4.69) is 15.7 Å². The van der Waals surface area contributed by atoms with Gasteiger partial charge in [0.05, 0.1) is 10.6 Å². The first kappa shape index (κ1) is 10.7. The van der Waals surface area contributed by atoms with E-state index in [0.717, 1.165) is 0 Å². The molecule has 0 saturated carbocycles. The molecule has 0 aromatic carbocycles. The number of halogens is 1. The van der Waals surface area contributed by atoms with Crippen molar-refractivity contribution in [3.8, 4) is 0 Å². The predicted molar refractivity (Wildman–Crippen MR) is 55.1 cm³/mol. The summed E-state index contributed by atoms with van der Waals surface area (Å²) in [5, 5.41) is 2.95. The minimum Gasteiger partial charge on any atom is -0.352 e. The van der Waals surface area contributed by atoms with Gasteiger partial charge in [-0.1, -0.05) is 11.6 Å². The third-order valence-electron chi connectivity index (χ3n) is 1.58. The molecule has 0 atom stereocenters. The van der Waals surface area contributed by atoms with E-state index < -0.39 is 0 Å². The molecule has 14 heavy (non-hydrogen) atoms. The normalized spacial score (nSPS) is 9.64. The van der Waals surface area contributed by atoms with Crippen LogP contribution in [0.2, 0.25) is 5.02 Å². The summed E-state index contributed by atoms with van der Waals surface area (Å²) < 4.78 is 0. The van der Waals surface area contributed by atoms with E-state index in [4.69, 9.17) is 17.4 Å². The van der Waals surface area contributed by atoms with E-state index in [1.807, 2.05) is 6.92 Å². The van der Waals surface area contributed by atoms with Crippen molar-refractivity contribution in [1.82, 2.24) is 10.3 Å². The third kappa shape index (κ3) is 2.34. The summed E-state index contributed by atoms with van der Waals surface area (Å²) in [5.74, 6) is 5.28. The van der Waals surface area contributed by atoms with Gasteiger partial charge in [-0.3, -0.25) is 4.79 Å². The number of rotatable bonds is 3. The summed E-state index contributed by atoms with van der Waals surface area (Å²) in [6.45, 7) is 2.40. The fraction of sp³-hybridized carbons (Fsp3) is 0.250. The van der Waals surface area contributed by atoms with E-state index in [-0.39, 0.29) is 5.91 Å². The number of nitrogens with zero attached hydrogens (tertiary/aromatic N) is 1. The topological polar surface area (TPSA) is 80.0 Å². The Labute approximate surface area is 86.6 Å². The Balaban J connectivity index is 2.91. The van der Waals surface area contributed by atoms with E-state index >= 15 is 0 Å². The molecule has 0 radical (unpaired) electrons. The van der Waals surface area contributed by atoms with Gasteiger partial charge in [0.15, 0.2) is 5.82 Å². The number of hydrazine groups is 1. The summed E-state index contributed by atoms with van der Waals surface area (Å²) in [4.78, 5) is 15.2. The predicted octanol–water partition coefficient (Wildman–Crippen LogP) is 0.770. The zero-order chi connectivity index (χ0) is 10.6. The first-order valence-electron chi connectivity index (χ1n) is 4.09. The quantitative estimate of drug-likeness (QED) is 0.513. The molecule has 0 aliphatic rings. The minimum absolute atomic E-state index is 0.203. The van der Waals surface area contributed by atoms with Gasteiger partial charge in [0.2, 0.25) is 0 Å². The molecular formula is C8H11ClN4O. The number of nitrogens with one attached hydrogen (secondary N) is 2. The van der Waals surface area contributed by atoms with Crippen LogP contribution in [0, 0.1) is 0 Å². The van der Waals surface area contributed by atoms with Crippen LogP contribution in [0.1, 0.15) is 17.3 Å². The summed E-state index contributed by atoms with van der Waals surface area (Å²) in [7, 11) is 0. The standard InChI is InChI=1S/C8H11ClN4O/c1-2-11-8(14)5-3-6(9)7(13-10)12-4-5/h3-4H,2,10H2,1H3,(H,11,14)(H,12,13). The van der Waals surface area contributed by atoms with Gasteiger partial charge in [0.1, 0.15) is 0 Å². The number of amides is 1. The fourth-order valence-electron chi connectivity index (χ4n) is 0.931. The van der Waals surface area contributed by atoms with Crippen molar-refractivity contribution >= 4 is 23.3 Å². The molecule has 1 aromatic heterocycles. The van der Waals surface area contributed by atoms with Crippen LogP contribution in [-0.2, 0) is 0 Å². The highest BCUT2D eigenvalue weighted by atomic mass is 35.5. The Hall–Kier alpha value is -1.33. The smallest absolute Gasteiger partial charge is 0.252 e. The van der Waals surface area contributed by atoms with Crippen LogP contribution >= 0.6 is 11.6 Å². The average molecular weight is 215 g/mol. The molecular weight excluding hydrogens is 204 g/mol. The molecule has 0 spiro atoms. The van der Waals surface area contributed by atoms with E-state index in [9.17, 15) is 4.79 Å². The summed E-state index contributed by atoms with van der Waals surface area (Å²) in [6, 6.07) is 1.51. The SMILES string of the molecule is CCNC(=O)c1cnc(NN)c(Cl)c1. The molecule has 1 aromatic rings. The summed E-state index contributed by atoms with van der Waals surface area (Å²) in [5.41, 5.74) is 2.73. The minimum atomic E-state index is -0.203. The maximum atomic E-state index is 11.3. The average Bonchev–Trinajstić information content (AvgIpc) is 2.18. The molecule has 0 aliphatic heterocycles. The number of aromatic nitrogens is 1. The van der Waals surface area contributed by atoms with Crippen LogP contribution in [0.3, 0.4) is 0 Å². The molecule has 0 unspecified atom stereocenters. The van der Waals surface area contributed by atoms with Crippen molar-refractivity contribution in [3.63, 3.8) is 0 Å². The monoisotopic (exact) mass is 214 g/mol. The van der Waals surface area contributed by atoms with Crippen molar-refractivity contribution in [1.29, 1.82) is 0 Å². The van der Waals surface area contributed by atoms with Gasteiger partial charge < -0.3 is 10.7 Å². The number of carbonyl (C=O) groups is 1. The van der Waals surface area contributed by atoms with Crippen LogP contribution in [0.5, 0.6) is 0 Å². The highest BCUT2D eigenvalue weighted by Gasteiger charge is 2.07. The maximum absolute atomic E-state index is 11.3. The number of pyridine rings is 1. The second kappa shape index (κ2) is 4.78. The molecule has 0 bridgehead atoms. The maximum Gasteiger partial charge on any atom is 0.252 e. The zero-order valence-corrected chi connectivity index (χ0v) is 8.43. The van der Waals surface area contributed by atoms with Crippen LogP contribution in [0.4, 0.5) is 5.82 Å². The number of carbonyl (C=O) groups excluding carboxylic acids is 1. The van der Waals surface area contributed by atoms with Crippen molar-refractivity contribution in [2.75, 3.05) is 12.0 Å². The number of nitrogen functional groups attached to an aromatic ring is 1. The van der Waals surface area contributed by atoms with Crippen LogP contribution in [-0.4, -0.2) is 17.4 Å². The van der Waals surface area contributed by atoms with Crippen LogP contribution < -0.4 is 16.6 Å². The Morgan fingerprint density at radius 3 is 2.93 bits per heavy atom. The van der Waals surface area contributed by atoms with Gasteiger partial charge in [-0.2, -0.15) is 0 Å². The molecule has 0 fully saturated rings. The number of anilines is 1. The van der Waals surface area contributed by atoms with E-state index in [1.165, 1.54) is 12.3 Å². The number of nitrogens with two attached hydrogens (primary N) is 1. The third-order valence-corrected chi connectivity index (χ3v) is 1.87. The van der Waals surface area contributed by atoms with Crippen LogP contribution in [0.25, 0.3) is 0 Å². The molecule has 1 heterocycles. The summed E-state index contributed by atoms with van der Waals surface area (Å²) in [6.07, 6.45) is 1.41. The lowest BCUT2D eigenvalue weighted by Gasteiger charge is -2.05. The van der Waals surface area contributed by atoms with Crippen molar-refractivity contribution in [3.05, 3.63) is 22.8 Å². The first-order valence-corrected chi connectivity index (χ1v) is 4.47. The van der Waals surface area contributed by atoms with Crippen LogP contribution in [0.15, 0.2) is 12.3 Å². The lowest BCUT2D eigenvalue weighted by atomic mass is 10.2. The molecule has 1 rings (SSSR count). The number of hydrogen-bond acceptors (Lipinski definition) is 4. The van der Waals surface area contributed by atoms with Gasteiger partial charge >= 0.3 is 0 Å². The first-order chi connectivity index (χ1) is 6.69. The molecule has 1 amide bonds. The highest BCUT2D eigenvalue weighted by Crippen LogP contribution is 2.18. The zero-order valence-electron chi connectivity index (χ0n) is 7.67. The van der Waals surface area contributed by atoms with Gasteiger partial charge in [-0.15, -0.1) is 0 Å². The molecule has 4 N–H and O–H groups in total. The second-order valence-corrected chi connectivity index (χ2v) is 2.97. The second-order valence-electron chi connectivity index (χ2n) is 2.56. The Morgan fingerprint density at radius 1 is 1.71 bits per heavy atom. The van der Waals surface area contributed by atoms with Crippen molar-refractivity contribution in [2.24, 2.45) is 5.84 Å². The molecule has 6 heteroatoms. The van der Waals surface area contributed by atoms with Gasteiger partial charge in [-0.05, 0) is 13.0 Å². The lowest BCUT2D eigenvalue weighted by molar-refractivity contribution is 0.0955. The number of hydrogen-bond donors (Lipinski definition) is 3. The molecule has 76 valence electrons. The Bertz CT molecular complexity index is 342. The molecule has 0 saturated heterocycles. The largest absolute Gasteiger partial charge is 0.352 e. The van der Waals surface area contributed by atoms with E-state index in [1.54, 1.807) is 0 Å². The lowest BCUT2D eigenvalue weighted by Crippen LogP contribution is -2.23. The van der Waals surface area contributed by atoms with Gasteiger partial charge in [0, 0.05) is 12.7 Å². The van der Waals surface area contributed by atoms with Crippen molar-refractivity contribution < 1.29 is 4.79 Å². The van der Waals surface area contributed by atoms with E-state index in [0.29, 0.717) is 22.9 Å². The highest BCUT2D eigenvalue weighted by molar-refractivity contribution is 6.33. The Morgan fingerprint density at radius 2 is 2.43 bits per heavy atom. The summed E-state index contributed by atoms with van der Waals surface area (Å²) >= 11 is 5.79. The Kier molecular flexibility index (Phi) is 3.67. The van der Waals surface area contributed by atoms with Gasteiger partial charge in [0.25, 0.3) is 5.91 Å². The van der Waals surface area contributed by atoms with Crippen molar-refractivity contribution in [2.45, 2.75) is 6.92 Å².